The summed E-state index contributed by atoms with van der Waals surface area (Å²) in [7, 11) is 0. The van der Waals surface area contributed by atoms with Crippen molar-refractivity contribution in [3.63, 3.8) is 0 Å². The SMILES string of the molecule is CC(C)CC(NC(=O)C(CC(C)C)NC(=O)C(NC(=O)C(N)CCCN=C(N)N)C(C)O)C(=O)O. The van der Waals surface area contributed by atoms with Gasteiger partial charge in [-0.05, 0) is 44.4 Å². The molecule has 11 N–H and O–H groups in total. The van der Waals surface area contributed by atoms with E-state index in [-0.39, 0.29) is 43.6 Å². The van der Waals surface area contributed by atoms with Crippen molar-refractivity contribution in [1.82, 2.24) is 16.0 Å². The summed E-state index contributed by atoms with van der Waals surface area (Å²) in [5.41, 5.74) is 16.3. The van der Waals surface area contributed by atoms with Crippen molar-refractivity contribution in [2.75, 3.05) is 6.54 Å². The molecule has 0 spiro atoms. The van der Waals surface area contributed by atoms with Crippen molar-refractivity contribution < 1.29 is 29.4 Å². The largest absolute Gasteiger partial charge is 0.480 e. The second-order valence-corrected chi connectivity index (χ2v) is 9.50. The molecule has 0 aromatic rings. The minimum absolute atomic E-state index is 0.0161. The average molecular weight is 502 g/mol. The summed E-state index contributed by atoms with van der Waals surface area (Å²) in [4.78, 5) is 53.5. The number of aliphatic hydroxyl groups excluding tert-OH is 1. The van der Waals surface area contributed by atoms with E-state index in [1.54, 1.807) is 0 Å². The third-order valence-corrected chi connectivity index (χ3v) is 5.03. The fraction of sp³-hybridized carbons (Fsp3) is 0.773. The molecule has 13 heteroatoms. The van der Waals surface area contributed by atoms with E-state index >= 15 is 0 Å². The van der Waals surface area contributed by atoms with Crippen molar-refractivity contribution in [1.29, 1.82) is 0 Å². The molecule has 35 heavy (non-hydrogen) atoms. The molecule has 0 aliphatic carbocycles. The Labute approximate surface area is 206 Å². The Morgan fingerprint density at radius 1 is 0.829 bits per heavy atom. The quantitative estimate of drug-likeness (QED) is 0.0688. The van der Waals surface area contributed by atoms with Crippen molar-refractivity contribution in [3.8, 4) is 0 Å². The molecular weight excluding hydrogens is 458 g/mol. The van der Waals surface area contributed by atoms with Crippen LogP contribution in [0.5, 0.6) is 0 Å². The van der Waals surface area contributed by atoms with Crippen LogP contribution in [0.15, 0.2) is 4.99 Å². The molecule has 13 nitrogen and oxygen atoms in total. The number of amides is 3. The van der Waals surface area contributed by atoms with Crippen molar-refractivity contribution >= 4 is 29.7 Å². The van der Waals surface area contributed by atoms with Gasteiger partial charge < -0.3 is 43.4 Å². The van der Waals surface area contributed by atoms with E-state index in [4.69, 9.17) is 17.2 Å². The Bertz CT molecular complexity index is 738. The third kappa shape index (κ3) is 13.5. The van der Waals surface area contributed by atoms with Crippen LogP contribution in [0.3, 0.4) is 0 Å². The predicted molar refractivity (Wildman–Crippen MR) is 132 cm³/mol. The number of aliphatic imine (C=N–C) groups is 1. The molecule has 0 aromatic heterocycles. The number of carboxylic acids is 1. The molecule has 0 aliphatic heterocycles. The van der Waals surface area contributed by atoms with Crippen LogP contribution in [0.1, 0.15) is 60.3 Å². The van der Waals surface area contributed by atoms with Gasteiger partial charge in [0.2, 0.25) is 17.7 Å². The monoisotopic (exact) mass is 501 g/mol. The Hall–Kier alpha value is -2.93. The van der Waals surface area contributed by atoms with Gasteiger partial charge in [0.15, 0.2) is 5.96 Å². The first-order valence-electron chi connectivity index (χ1n) is 11.8. The highest BCUT2D eigenvalue weighted by Crippen LogP contribution is 2.10. The first-order valence-corrected chi connectivity index (χ1v) is 11.8. The zero-order valence-electron chi connectivity index (χ0n) is 21.3. The number of aliphatic carboxylic acids is 1. The zero-order valence-corrected chi connectivity index (χ0v) is 21.3. The normalized spacial score (nSPS) is 15.5. The maximum atomic E-state index is 12.9. The molecule has 0 heterocycles. The van der Waals surface area contributed by atoms with Gasteiger partial charge in [-0.15, -0.1) is 0 Å². The van der Waals surface area contributed by atoms with Crippen LogP contribution < -0.4 is 33.2 Å². The van der Waals surface area contributed by atoms with Crippen LogP contribution in [0.4, 0.5) is 0 Å². The van der Waals surface area contributed by atoms with E-state index in [2.05, 4.69) is 20.9 Å². The number of hydrogen-bond donors (Lipinski definition) is 8. The van der Waals surface area contributed by atoms with E-state index in [0.717, 1.165) is 0 Å². The highest BCUT2D eigenvalue weighted by atomic mass is 16.4. The second kappa shape index (κ2) is 15.9. The van der Waals surface area contributed by atoms with Crippen LogP contribution in [0, 0.1) is 11.8 Å². The molecular formula is C22H43N7O6. The Morgan fingerprint density at radius 3 is 1.80 bits per heavy atom. The topological polar surface area (TPSA) is 235 Å². The summed E-state index contributed by atoms with van der Waals surface area (Å²) in [6.07, 6.45) is -0.187. The van der Waals surface area contributed by atoms with Gasteiger partial charge in [-0.3, -0.25) is 19.4 Å². The van der Waals surface area contributed by atoms with E-state index in [9.17, 15) is 29.4 Å². The van der Waals surface area contributed by atoms with Gasteiger partial charge in [0.25, 0.3) is 0 Å². The predicted octanol–water partition coefficient (Wildman–Crippen LogP) is -1.62. The van der Waals surface area contributed by atoms with Crippen molar-refractivity contribution in [2.45, 2.75) is 90.6 Å². The fourth-order valence-corrected chi connectivity index (χ4v) is 3.25. The molecule has 0 saturated heterocycles. The molecule has 202 valence electrons. The summed E-state index contributed by atoms with van der Waals surface area (Å²) in [6, 6.07) is -4.53. The summed E-state index contributed by atoms with van der Waals surface area (Å²) in [5, 5.41) is 26.9. The lowest BCUT2D eigenvalue weighted by Gasteiger charge is -2.27. The molecule has 0 fully saturated rings. The van der Waals surface area contributed by atoms with E-state index in [1.807, 2.05) is 27.7 Å². The first-order chi connectivity index (χ1) is 16.1. The summed E-state index contributed by atoms with van der Waals surface area (Å²) < 4.78 is 0. The number of aliphatic hydroxyl groups is 1. The number of carbonyl (C=O) groups is 4. The minimum atomic E-state index is -1.38. The van der Waals surface area contributed by atoms with Gasteiger partial charge in [-0.25, -0.2) is 4.79 Å². The minimum Gasteiger partial charge on any atom is -0.480 e. The molecule has 0 saturated carbocycles. The molecule has 0 aromatic carbocycles. The highest BCUT2D eigenvalue weighted by Gasteiger charge is 2.32. The van der Waals surface area contributed by atoms with E-state index < -0.39 is 54.0 Å². The van der Waals surface area contributed by atoms with Gasteiger partial charge >= 0.3 is 5.97 Å². The number of carboxylic acid groups (broad SMARTS) is 1. The molecule has 0 rings (SSSR count). The lowest BCUT2D eigenvalue weighted by molar-refractivity contribution is -0.143. The standard InChI is InChI=1S/C22H43N7O6/c1-11(2)9-15(19(32)28-16(21(34)35)10-12(3)4)27-20(33)17(13(5)30)29-18(31)14(23)7-6-8-26-22(24)25/h11-17,30H,6-10,23H2,1-5H3,(H,27,33)(H,28,32)(H,29,31)(H,34,35)(H4,24,25,26). The average Bonchev–Trinajstić information content (AvgIpc) is 2.72. The molecule has 0 radical (unpaired) electrons. The van der Waals surface area contributed by atoms with Gasteiger partial charge in [0.05, 0.1) is 12.1 Å². The summed E-state index contributed by atoms with van der Waals surface area (Å²) in [6.45, 7) is 8.93. The van der Waals surface area contributed by atoms with E-state index in [0.29, 0.717) is 6.42 Å². The maximum Gasteiger partial charge on any atom is 0.326 e. The zero-order chi connectivity index (χ0) is 27.3. The molecule has 0 aliphatic rings. The van der Waals surface area contributed by atoms with Crippen LogP contribution in [-0.4, -0.2) is 76.7 Å². The highest BCUT2D eigenvalue weighted by molar-refractivity contribution is 5.94. The lowest BCUT2D eigenvalue weighted by Crippen LogP contribution is -2.60. The number of guanidine groups is 1. The van der Waals surface area contributed by atoms with Crippen molar-refractivity contribution in [2.24, 2.45) is 34.0 Å². The first kappa shape index (κ1) is 32.1. The molecule has 5 unspecified atom stereocenters. The maximum absolute atomic E-state index is 12.9. The van der Waals surface area contributed by atoms with Gasteiger partial charge in [0, 0.05) is 6.54 Å². The fourth-order valence-electron chi connectivity index (χ4n) is 3.25. The van der Waals surface area contributed by atoms with Gasteiger partial charge in [0.1, 0.15) is 18.1 Å². The smallest absolute Gasteiger partial charge is 0.326 e. The molecule has 0 bridgehead atoms. The second-order valence-electron chi connectivity index (χ2n) is 9.50. The van der Waals surface area contributed by atoms with Gasteiger partial charge in [-0.2, -0.15) is 0 Å². The molecule has 5 atom stereocenters. The van der Waals surface area contributed by atoms with E-state index in [1.165, 1.54) is 6.92 Å². The van der Waals surface area contributed by atoms with Crippen LogP contribution >= 0.6 is 0 Å². The third-order valence-electron chi connectivity index (χ3n) is 5.03. The number of nitrogens with one attached hydrogen (secondary N) is 3. The van der Waals surface area contributed by atoms with Crippen LogP contribution in [-0.2, 0) is 19.2 Å². The van der Waals surface area contributed by atoms with Crippen molar-refractivity contribution in [3.05, 3.63) is 0 Å². The number of hydrogen-bond acceptors (Lipinski definition) is 7. The number of rotatable bonds is 16. The lowest BCUT2D eigenvalue weighted by atomic mass is 10.00. The van der Waals surface area contributed by atoms with Gasteiger partial charge in [-0.1, -0.05) is 27.7 Å². The summed E-state index contributed by atoms with van der Waals surface area (Å²) >= 11 is 0. The van der Waals surface area contributed by atoms with Crippen LogP contribution in [0.2, 0.25) is 0 Å². The Morgan fingerprint density at radius 2 is 1.34 bits per heavy atom. The Kier molecular flexibility index (Phi) is 14.5. The Balaban J connectivity index is 5.32. The number of nitrogens with zero attached hydrogens (tertiary/aromatic N) is 1. The van der Waals surface area contributed by atoms with Crippen LogP contribution in [0.25, 0.3) is 0 Å². The number of carbonyl (C=O) groups excluding carboxylic acids is 3. The summed E-state index contributed by atoms with van der Waals surface area (Å²) in [5.74, 6) is -3.36. The number of nitrogens with two attached hydrogens (primary N) is 3. The molecule has 3 amide bonds.